The van der Waals surface area contributed by atoms with Crippen LogP contribution in [0.1, 0.15) is 98.4 Å². The number of thiophene rings is 2. The van der Waals surface area contributed by atoms with Crippen molar-refractivity contribution in [1.82, 2.24) is 9.97 Å². The van der Waals surface area contributed by atoms with Crippen LogP contribution in [0.2, 0.25) is 0 Å². The van der Waals surface area contributed by atoms with Crippen molar-refractivity contribution < 1.29 is 0 Å². The number of anilines is 2. The van der Waals surface area contributed by atoms with Crippen molar-refractivity contribution in [2.24, 2.45) is 11.7 Å². The molecule has 0 atom stereocenters. The fraction of sp³-hybridized carbons (Fsp3) is 0.588. The molecule has 0 saturated heterocycles. The van der Waals surface area contributed by atoms with Crippen LogP contribution >= 0.6 is 22.7 Å². The molecule has 4 N–H and O–H groups in total. The van der Waals surface area contributed by atoms with Crippen LogP contribution in [0, 0.1) is 5.92 Å². The molecule has 0 radical (unpaired) electrons. The van der Waals surface area contributed by atoms with Crippen molar-refractivity contribution >= 4 is 54.5 Å². The molecule has 8 rings (SSSR count). The molecule has 0 bridgehead atoms. The highest BCUT2D eigenvalue weighted by molar-refractivity contribution is 7.19. The molecular formula is C34H45N5S2. The van der Waals surface area contributed by atoms with E-state index in [1.807, 2.05) is 35.1 Å². The fourth-order valence-corrected chi connectivity index (χ4v) is 10.2. The predicted molar refractivity (Wildman–Crippen MR) is 177 cm³/mol. The van der Waals surface area contributed by atoms with E-state index in [9.17, 15) is 0 Å². The lowest BCUT2D eigenvalue weighted by Gasteiger charge is -2.29. The van der Waals surface area contributed by atoms with Crippen LogP contribution in [0.4, 0.5) is 11.4 Å². The van der Waals surface area contributed by atoms with Crippen LogP contribution in [0.3, 0.4) is 0 Å². The molecular weight excluding hydrogens is 543 g/mol. The van der Waals surface area contributed by atoms with Gasteiger partial charge in [0.05, 0.1) is 0 Å². The number of nitrogens with one attached hydrogen (secondary N) is 2. The first kappa shape index (κ1) is 27.6. The van der Waals surface area contributed by atoms with Crippen LogP contribution in [0.15, 0.2) is 24.5 Å². The Kier molecular flexibility index (Phi) is 8.20. The molecule has 4 heterocycles. The SMILES string of the molecule is CCC1CCC(Nc2ccnc3sc4c(c23)CCC4)CC1.NC1CCC(Nc2ccnc3sc4c(c23)CCC4)CC1. The van der Waals surface area contributed by atoms with Gasteiger partial charge in [-0.05, 0) is 119 Å². The lowest BCUT2D eigenvalue weighted by Crippen LogP contribution is -2.32. The summed E-state index contributed by atoms with van der Waals surface area (Å²) in [6.45, 7) is 2.33. The topological polar surface area (TPSA) is 75.9 Å². The molecule has 4 aliphatic carbocycles. The van der Waals surface area contributed by atoms with E-state index in [-0.39, 0.29) is 0 Å². The van der Waals surface area contributed by atoms with Crippen LogP contribution < -0.4 is 16.4 Å². The van der Waals surface area contributed by atoms with Crippen molar-refractivity contribution in [2.45, 2.75) is 121 Å². The van der Waals surface area contributed by atoms with Gasteiger partial charge in [0.2, 0.25) is 0 Å². The normalized spacial score (nSPS) is 25.5. The van der Waals surface area contributed by atoms with E-state index >= 15 is 0 Å². The molecule has 0 spiro atoms. The second kappa shape index (κ2) is 12.2. The number of nitrogens with two attached hydrogens (primary N) is 1. The third-order valence-corrected chi connectivity index (χ3v) is 12.5. The van der Waals surface area contributed by atoms with Gasteiger partial charge in [-0.3, -0.25) is 0 Å². The zero-order valence-electron chi connectivity index (χ0n) is 24.5. The van der Waals surface area contributed by atoms with Gasteiger partial charge >= 0.3 is 0 Å². The molecule has 5 nitrogen and oxygen atoms in total. The number of rotatable bonds is 5. The monoisotopic (exact) mass is 587 g/mol. The minimum Gasteiger partial charge on any atom is -0.382 e. The molecule has 4 aromatic heterocycles. The summed E-state index contributed by atoms with van der Waals surface area (Å²) < 4.78 is 0. The molecule has 0 aromatic carbocycles. The first-order chi connectivity index (χ1) is 20.2. The van der Waals surface area contributed by atoms with E-state index in [0.717, 1.165) is 18.8 Å². The number of hydrogen-bond donors (Lipinski definition) is 3. The van der Waals surface area contributed by atoms with E-state index in [2.05, 4.69) is 39.7 Å². The largest absolute Gasteiger partial charge is 0.382 e. The van der Waals surface area contributed by atoms with E-state index in [1.54, 1.807) is 20.9 Å². The van der Waals surface area contributed by atoms with Crippen molar-refractivity contribution in [3.8, 4) is 0 Å². The average molecular weight is 588 g/mol. The molecule has 4 aromatic rings. The molecule has 41 heavy (non-hydrogen) atoms. The maximum atomic E-state index is 6.00. The predicted octanol–water partition coefficient (Wildman–Crippen LogP) is 8.63. The Hall–Kier alpha value is -2.22. The summed E-state index contributed by atoms with van der Waals surface area (Å²) in [6.07, 6.45) is 23.0. The minimum atomic E-state index is 0.413. The number of aromatic nitrogens is 2. The van der Waals surface area contributed by atoms with Gasteiger partial charge in [0.15, 0.2) is 0 Å². The van der Waals surface area contributed by atoms with Gasteiger partial charge < -0.3 is 16.4 Å². The fourth-order valence-electron chi connectivity index (χ4n) is 7.70. The Morgan fingerprint density at radius 1 is 0.707 bits per heavy atom. The van der Waals surface area contributed by atoms with Crippen molar-refractivity contribution in [3.05, 3.63) is 45.4 Å². The highest BCUT2D eigenvalue weighted by atomic mass is 32.1. The molecule has 2 saturated carbocycles. The average Bonchev–Trinajstić information content (AvgIpc) is 3.77. The highest BCUT2D eigenvalue weighted by Gasteiger charge is 2.25. The zero-order valence-corrected chi connectivity index (χ0v) is 26.1. The molecule has 2 fully saturated rings. The van der Waals surface area contributed by atoms with E-state index < -0.39 is 0 Å². The van der Waals surface area contributed by atoms with Gasteiger partial charge in [-0.1, -0.05) is 13.3 Å². The third kappa shape index (κ3) is 5.74. The Morgan fingerprint density at radius 2 is 1.20 bits per heavy atom. The van der Waals surface area contributed by atoms with Crippen LogP contribution in [0.5, 0.6) is 0 Å². The van der Waals surface area contributed by atoms with E-state index in [1.165, 1.54) is 115 Å². The maximum absolute atomic E-state index is 6.00. The van der Waals surface area contributed by atoms with Gasteiger partial charge in [-0.25, -0.2) is 9.97 Å². The van der Waals surface area contributed by atoms with Gasteiger partial charge in [0, 0.05) is 62.4 Å². The van der Waals surface area contributed by atoms with Crippen molar-refractivity contribution in [1.29, 1.82) is 0 Å². The van der Waals surface area contributed by atoms with E-state index in [0.29, 0.717) is 18.1 Å². The summed E-state index contributed by atoms with van der Waals surface area (Å²) in [5.41, 5.74) is 11.8. The first-order valence-electron chi connectivity index (χ1n) is 16.2. The van der Waals surface area contributed by atoms with Crippen LogP contribution in [0.25, 0.3) is 20.4 Å². The van der Waals surface area contributed by atoms with Crippen LogP contribution in [-0.2, 0) is 25.7 Å². The smallest absolute Gasteiger partial charge is 0.125 e. The summed E-state index contributed by atoms with van der Waals surface area (Å²) in [6, 6.07) is 6.01. The second-order valence-corrected chi connectivity index (χ2v) is 15.0. The van der Waals surface area contributed by atoms with Crippen molar-refractivity contribution in [3.63, 3.8) is 0 Å². The number of pyridine rings is 2. The Labute approximate surface area is 252 Å². The first-order valence-corrected chi connectivity index (χ1v) is 17.9. The lowest BCUT2D eigenvalue weighted by atomic mass is 9.84. The summed E-state index contributed by atoms with van der Waals surface area (Å²) >= 11 is 3.81. The molecule has 0 amide bonds. The number of aryl methyl sites for hydroxylation is 4. The molecule has 218 valence electrons. The molecule has 4 aliphatic rings. The van der Waals surface area contributed by atoms with E-state index in [4.69, 9.17) is 5.73 Å². The Bertz CT molecular complexity index is 1490. The minimum absolute atomic E-state index is 0.413. The standard InChI is InChI=1S/C18H24N2S.C16H21N3S/c1-2-12-6-8-13(9-7-12)20-15-10-11-19-18-17(15)14-4-3-5-16(14)21-18;17-10-4-6-11(7-5-10)19-13-8-9-18-16-15(13)12-2-1-3-14(12)20-16/h10-13H,2-9H2,1H3,(H,19,20);8-11H,1-7,17H2,(H,18,19). The molecule has 7 heteroatoms. The number of hydrogen-bond acceptors (Lipinski definition) is 7. The molecule has 0 unspecified atom stereocenters. The number of fused-ring (bicyclic) bond motifs is 6. The summed E-state index contributed by atoms with van der Waals surface area (Å²) in [7, 11) is 0. The zero-order chi connectivity index (χ0) is 27.8. The summed E-state index contributed by atoms with van der Waals surface area (Å²) in [5, 5.41) is 10.5. The van der Waals surface area contributed by atoms with Gasteiger partial charge in [-0.15, -0.1) is 22.7 Å². The Balaban J connectivity index is 0.000000135. The van der Waals surface area contributed by atoms with Gasteiger partial charge in [0.25, 0.3) is 0 Å². The summed E-state index contributed by atoms with van der Waals surface area (Å²) in [5.74, 6) is 0.964. The lowest BCUT2D eigenvalue weighted by molar-refractivity contribution is 0.330. The Morgan fingerprint density at radius 3 is 1.68 bits per heavy atom. The van der Waals surface area contributed by atoms with Crippen LogP contribution in [-0.4, -0.2) is 28.1 Å². The summed E-state index contributed by atoms with van der Waals surface area (Å²) in [4.78, 5) is 14.8. The third-order valence-electron chi connectivity index (χ3n) is 10.1. The van der Waals surface area contributed by atoms with Crippen molar-refractivity contribution in [2.75, 3.05) is 10.6 Å². The molecule has 0 aliphatic heterocycles. The number of nitrogens with zero attached hydrogens (tertiary/aromatic N) is 2. The quantitative estimate of drug-likeness (QED) is 0.218. The van der Waals surface area contributed by atoms with Gasteiger partial charge in [0.1, 0.15) is 9.66 Å². The highest BCUT2D eigenvalue weighted by Crippen LogP contribution is 2.42. The van der Waals surface area contributed by atoms with Gasteiger partial charge in [-0.2, -0.15) is 0 Å². The maximum Gasteiger partial charge on any atom is 0.125 e. The second-order valence-electron chi connectivity index (χ2n) is 12.8.